The summed E-state index contributed by atoms with van der Waals surface area (Å²) in [4.78, 5) is 5.40. The molecule has 0 amide bonds. The molecule has 0 aromatic rings. The van der Waals surface area contributed by atoms with Crippen molar-refractivity contribution in [3.63, 3.8) is 0 Å². The van der Waals surface area contributed by atoms with Crippen LogP contribution in [-0.2, 0) is 0 Å². The van der Waals surface area contributed by atoms with Crippen LogP contribution in [0.2, 0.25) is 0 Å². The first kappa shape index (κ1) is 7.36. The van der Waals surface area contributed by atoms with Gasteiger partial charge in [0, 0.05) is 14.1 Å². The van der Waals surface area contributed by atoms with E-state index in [2.05, 4.69) is 17.2 Å². The van der Waals surface area contributed by atoms with Crippen molar-refractivity contribution in [2.75, 3.05) is 14.1 Å². The van der Waals surface area contributed by atoms with Crippen molar-refractivity contribution in [3.05, 3.63) is 0 Å². The molecule has 0 saturated carbocycles. The summed E-state index contributed by atoms with van der Waals surface area (Å²) in [5.74, 6) is 0. The monoisotopic (exact) mass is 131 g/mol. The smallest absolute Gasteiger partial charge is 0.191 e. The summed E-state index contributed by atoms with van der Waals surface area (Å²) < 4.78 is 0. The Morgan fingerprint density at radius 2 is 2.25 bits per heavy atom. The highest BCUT2D eigenvalue weighted by Gasteiger charge is 1.77. The Labute approximate surface area is 54.2 Å². The van der Waals surface area contributed by atoms with E-state index >= 15 is 0 Å². The molecule has 0 atom stereocenters. The van der Waals surface area contributed by atoms with Gasteiger partial charge < -0.3 is 10.6 Å². The van der Waals surface area contributed by atoms with Gasteiger partial charge in [0.25, 0.3) is 0 Å². The normalized spacial score (nSPS) is 9.75. The van der Waals surface area contributed by atoms with Gasteiger partial charge in [0.1, 0.15) is 0 Å². The first-order valence-corrected chi connectivity index (χ1v) is 2.54. The van der Waals surface area contributed by atoms with Crippen molar-refractivity contribution in [2.45, 2.75) is 0 Å². The van der Waals surface area contributed by atoms with Crippen LogP contribution in [0, 0.1) is 0 Å². The fraction of sp³-hybridized carbons (Fsp3) is 0.500. The minimum atomic E-state index is 0.165. The molecule has 3 nitrogen and oxygen atoms in total. The lowest BCUT2D eigenvalue weighted by Crippen LogP contribution is -2.12. The predicted molar refractivity (Wildman–Crippen MR) is 39.0 cm³/mol. The van der Waals surface area contributed by atoms with E-state index in [4.69, 9.17) is 5.73 Å². The maximum Gasteiger partial charge on any atom is 0.191 e. The average Bonchev–Trinajstić information content (AvgIpc) is 1.61. The lowest BCUT2D eigenvalue weighted by atomic mass is 10.9. The van der Waals surface area contributed by atoms with Crippen LogP contribution in [0.15, 0.2) is 4.99 Å². The van der Waals surface area contributed by atoms with E-state index in [-0.39, 0.29) is 5.11 Å². The zero-order valence-corrected chi connectivity index (χ0v) is 5.77. The van der Waals surface area contributed by atoms with Crippen molar-refractivity contribution in [3.8, 4) is 0 Å². The number of thiocarbonyl (C=S) groups is 1. The van der Waals surface area contributed by atoms with E-state index < -0.39 is 0 Å². The Balaban J connectivity index is 3.50. The van der Waals surface area contributed by atoms with Crippen LogP contribution in [-0.4, -0.2) is 30.4 Å². The van der Waals surface area contributed by atoms with E-state index in [1.54, 1.807) is 11.2 Å². The maximum atomic E-state index is 5.05. The second kappa shape index (κ2) is 3.37. The van der Waals surface area contributed by atoms with E-state index in [1.807, 2.05) is 14.1 Å². The topological polar surface area (TPSA) is 41.6 Å². The number of nitrogens with zero attached hydrogens (tertiary/aromatic N) is 2. The molecule has 0 radical (unpaired) electrons. The standard InChI is InChI=1S/C4H9N3S/c1-7(2)3-6-4(5)8/h3H,1-2H3,(H2,5,8)/b6-3-. The SMILES string of the molecule is CN(C)/C=N\C(N)=S. The van der Waals surface area contributed by atoms with Gasteiger partial charge >= 0.3 is 0 Å². The molecular formula is C4H9N3S. The van der Waals surface area contributed by atoms with Crippen LogP contribution >= 0.6 is 12.2 Å². The van der Waals surface area contributed by atoms with Crippen LogP contribution in [0.25, 0.3) is 0 Å². The first-order chi connectivity index (χ1) is 3.63. The van der Waals surface area contributed by atoms with Gasteiger partial charge in [0.2, 0.25) is 0 Å². The number of hydrogen-bond acceptors (Lipinski definition) is 1. The molecule has 0 unspecified atom stereocenters. The molecule has 0 rings (SSSR count). The fourth-order valence-corrected chi connectivity index (χ4v) is 0.220. The van der Waals surface area contributed by atoms with E-state index in [0.717, 1.165) is 0 Å². The van der Waals surface area contributed by atoms with Gasteiger partial charge in [-0.3, -0.25) is 0 Å². The van der Waals surface area contributed by atoms with Crippen LogP contribution < -0.4 is 5.73 Å². The molecule has 0 heterocycles. The lowest BCUT2D eigenvalue weighted by molar-refractivity contribution is 0.644. The molecule has 0 aliphatic heterocycles. The largest absolute Gasteiger partial charge is 0.374 e. The van der Waals surface area contributed by atoms with Crippen molar-refractivity contribution < 1.29 is 0 Å². The Hall–Kier alpha value is -0.640. The third-order valence-electron chi connectivity index (χ3n) is 0.416. The molecule has 0 bridgehead atoms. The molecular weight excluding hydrogens is 122 g/mol. The highest BCUT2D eigenvalue weighted by atomic mass is 32.1. The third kappa shape index (κ3) is 5.36. The summed E-state index contributed by atoms with van der Waals surface area (Å²) in [5, 5.41) is 0.165. The average molecular weight is 131 g/mol. The molecule has 0 spiro atoms. The first-order valence-electron chi connectivity index (χ1n) is 2.13. The van der Waals surface area contributed by atoms with Gasteiger partial charge in [0.05, 0.1) is 6.34 Å². The molecule has 0 aromatic heterocycles. The summed E-state index contributed by atoms with van der Waals surface area (Å²) in [5.41, 5.74) is 5.05. The Morgan fingerprint density at radius 3 is 2.38 bits per heavy atom. The Morgan fingerprint density at radius 1 is 1.75 bits per heavy atom. The molecule has 4 heteroatoms. The molecule has 0 aliphatic rings. The molecule has 46 valence electrons. The van der Waals surface area contributed by atoms with Crippen molar-refractivity contribution in [1.82, 2.24) is 4.90 Å². The second-order valence-corrected chi connectivity index (χ2v) is 1.96. The quantitative estimate of drug-likeness (QED) is 0.305. The zero-order valence-electron chi connectivity index (χ0n) is 4.96. The van der Waals surface area contributed by atoms with Crippen molar-refractivity contribution in [2.24, 2.45) is 10.7 Å². The summed E-state index contributed by atoms with van der Waals surface area (Å²) in [6, 6.07) is 0. The summed E-state index contributed by atoms with van der Waals surface area (Å²) in [6.07, 6.45) is 1.56. The van der Waals surface area contributed by atoms with E-state index in [0.29, 0.717) is 0 Å². The fourth-order valence-electron chi connectivity index (χ4n) is 0.172. The Kier molecular flexibility index (Phi) is 3.10. The van der Waals surface area contributed by atoms with Gasteiger partial charge in [-0.2, -0.15) is 0 Å². The molecule has 2 N–H and O–H groups in total. The minimum Gasteiger partial charge on any atom is -0.374 e. The van der Waals surface area contributed by atoms with Gasteiger partial charge in [-0.1, -0.05) is 0 Å². The Bertz CT molecular complexity index is 108. The third-order valence-corrected chi connectivity index (χ3v) is 0.521. The summed E-state index contributed by atoms with van der Waals surface area (Å²) in [6.45, 7) is 0. The lowest BCUT2D eigenvalue weighted by Gasteiger charge is -1.99. The van der Waals surface area contributed by atoms with Crippen LogP contribution in [0.5, 0.6) is 0 Å². The number of nitrogens with two attached hydrogens (primary N) is 1. The van der Waals surface area contributed by atoms with Crippen LogP contribution in [0.4, 0.5) is 0 Å². The highest BCUT2D eigenvalue weighted by molar-refractivity contribution is 7.80. The minimum absolute atomic E-state index is 0.165. The molecule has 0 fully saturated rings. The molecule has 0 aromatic carbocycles. The van der Waals surface area contributed by atoms with Gasteiger partial charge in [0.15, 0.2) is 5.11 Å². The van der Waals surface area contributed by atoms with Gasteiger partial charge in [-0.15, -0.1) is 0 Å². The predicted octanol–water partition coefficient (Wildman–Crippen LogP) is -0.180. The number of rotatable bonds is 1. The molecule has 0 saturated heterocycles. The van der Waals surface area contributed by atoms with Crippen LogP contribution in [0.1, 0.15) is 0 Å². The second-order valence-electron chi connectivity index (χ2n) is 1.55. The van der Waals surface area contributed by atoms with Crippen molar-refractivity contribution >= 4 is 23.7 Å². The summed E-state index contributed by atoms with van der Waals surface area (Å²) in [7, 11) is 3.70. The van der Waals surface area contributed by atoms with Gasteiger partial charge in [-0.05, 0) is 12.2 Å². The maximum absolute atomic E-state index is 5.05. The van der Waals surface area contributed by atoms with Crippen molar-refractivity contribution in [1.29, 1.82) is 0 Å². The zero-order chi connectivity index (χ0) is 6.57. The van der Waals surface area contributed by atoms with Crippen LogP contribution in [0.3, 0.4) is 0 Å². The number of hydrogen-bond donors (Lipinski definition) is 1. The highest BCUT2D eigenvalue weighted by Crippen LogP contribution is 1.68. The molecule has 8 heavy (non-hydrogen) atoms. The summed E-state index contributed by atoms with van der Waals surface area (Å²) >= 11 is 4.47. The van der Waals surface area contributed by atoms with E-state index in [1.165, 1.54) is 0 Å². The number of aliphatic imine (C=N–C) groups is 1. The van der Waals surface area contributed by atoms with Gasteiger partial charge in [-0.25, -0.2) is 4.99 Å². The molecule has 0 aliphatic carbocycles. The van der Waals surface area contributed by atoms with E-state index in [9.17, 15) is 0 Å².